The van der Waals surface area contributed by atoms with Crippen molar-refractivity contribution in [2.24, 2.45) is 0 Å². The van der Waals surface area contributed by atoms with E-state index >= 15 is 0 Å². The molecule has 0 aliphatic heterocycles. The smallest absolute Gasteiger partial charge is 0 e. The van der Waals surface area contributed by atoms with Crippen LogP contribution in [-0.4, -0.2) is 37.7 Å². The SMILES string of the molecule is [Ca].c1cc2ccc3cccc4ccc(c1)c2c34. The molecule has 0 heterocycles. The van der Waals surface area contributed by atoms with Crippen LogP contribution in [0.3, 0.4) is 0 Å². The Bertz CT molecular complexity index is 672. The second-order valence-corrected chi connectivity index (χ2v) is 4.29. The van der Waals surface area contributed by atoms with Crippen LogP contribution in [0.2, 0.25) is 0 Å². The Kier molecular flexibility index (Phi) is 2.74. The van der Waals surface area contributed by atoms with Crippen molar-refractivity contribution < 1.29 is 0 Å². The fraction of sp³-hybridized carbons (Fsp3) is 0. The summed E-state index contributed by atoms with van der Waals surface area (Å²) in [7, 11) is 0. The first-order valence-electron chi connectivity index (χ1n) is 5.56. The van der Waals surface area contributed by atoms with Gasteiger partial charge in [-0.05, 0) is 32.3 Å². The summed E-state index contributed by atoms with van der Waals surface area (Å²) >= 11 is 0. The van der Waals surface area contributed by atoms with Crippen molar-refractivity contribution in [1.82, 2.24) is 0 Å². The Labute approximate surface area is 130 Å². The van der Waals surface area contributed by atoms with Crippen molar-refractivity contribution in [2.45, 2.75) is 0 Å². The van der Waals surface area contributed by atoms with E-state index in [1.165, 1.54) is 32.3 Å². The third-order valence-corrected chi connectivity index (χ3v) is 3.39. The summed E-state index contributed by atoms with van der Waals surface area (Å²) < 4.78 is 0. The quantitative estimate of drug-likeness (QED) is 0.320. The van der Waals surface area contributed by atoms with Gasteiger partial charge in [-0.1, -0.05) is 60.7 Å². The van der Waals surface area contributed by atoms with Crippen LogP contribution in [0, 0.1) is 0 Å². The maximum absolute atomic E-state index is 2.21. The van der Waals surface area contributed by atoms with Crippen LogP contribution in [0.1, 0.15) is 0 Å². The fourth-order valence-electron chi connectivity index (χ4n) is 2.67. The van der Waals surface area contributed by atoms with E-state index in [4.69, 9.17) is 0 Å². The standard InChI is InChI=1S/C16H10.Ca/c1-3-11-7-9-13-5-2-6-14-10-8-12(4-1)15(11)16(13)14;/h1-10H;. The van der Waals surface area contributed by atoms with Crippen molar-refractivity contribution in [1.29, 1.82) is 0 Å². The van der Waals surface area contributed by atoms with Gasteiger partial charge in [0.05, 0.1) is 0 Å². The summed E-state index contributed by atoms with van der Waals surface area (Å²) in [5, 5.41) is 8.14. The minimum atomic E-state index is 0. The minimum Gasteiger partial charge on any atom is -0.0610 e. The molecule has 0 saturated heterocycles. The maximum Gasteiger partial charge on any atom is 0 e. The molecule has 0 bridgehead atoms. The van der Waals surface area contributed by atoms with E-state index in [1.54, 1.807) is 0 Å². The van der Waals surface area contributed by atoms with Crippen molar-refractivity contribution in [3.8, 4) is 0 Å². The van der Waals surface area contributed by atoms with Crippen LogP contribution < -0.4 is 0 Å². The van der Waals surface area contributed by atoms with E-state index in [1.807, 2.05) is 0 Å². The minimum absolute atomic E-state index is 0. The third-order valence-electron chi connectivity index (χ3n) is 3.39. The predicted octanol–water partition coefficient (Wildman–Crippen LogP) is 4.20. The molecule has 2 radical (unpaired) electrons. The van der Waals surface area contributed by atoms with Gasteiger partial charge in [0.15, 0.2) is 0 Å². The van der Waals surface area contributed by atoms with Gasteiger partial charge in [0, 0.05) is 37.7 Å². The van der Waals surface area contributed by atoms with Crippen LogP contribution in [0.5, 0.6) is 0 Å². The average molecular weight is 242 g/mol. The van der Waals surface area contributed by atoms with Crippen LogP contribution in [0.25, 0.3) is 32.3 Å². The Balaban J connectivity index is 0.000000902. The molecule has 4 aromatic rings. The molecule has 0 spiro atoms. The number of rotatable bonds is 0. The zero-order valence-electron chi connectivity index (χ0n) is 9.48. The van der Waals surface area contributed by atoms with E-state index in [0.29, 0.717) is 0 Å². The Morgan fingerprint density at radius 1 is 0.412 bits per heavy atom. The van der Waals surface area contributed by atoms with Crippen LogP contribution >= 0.6 is 0 Å². The van der Waals surface area contributed by atoms with Gasteiger partial charge in [-0.3, -0.25) is 0 Å². The molecule has 0 N–H and O–H groups in total. The number of hydrogen-bond acceptors (Lipinski definition) is 0. The average Bonchev–Trinajstić information content (AvgIpc) is 2.36. The van der Waals surface area contributed by atoms with Crippen molar-refractivity contribution in [3.63, 3.8) is 0 Å². The largest absolute Gasteiger partial charge is 0.0610 e. The Morgan fingerprint density at radius 3 is 1.00 bits per heavy atom. The molecule has 0 aliphatic rings. The predicted molar refractivity (Wildman–Crippen MR) is 75.9 cm³/mol. The third kappa shape index (κ3) is 1.55. The summed E-state index contributed by atoms with van der Waals surface area (Å²) in [6.07, 6.45) is 0. The molecule has 0 amide bonds. The zero-order valence-corrected chi connectivity index (χ0v) is 11.7. The molecule has 4 rings (SSSR count). The van der Waals surface area contributed by atoms with Crippen LogP contribution in [0.4, 0.5) is 0 Å². The van der Waals surface area contributed by atoms with Gasteiger partial charge >= 0.3 is 0 Å². The molecular weight excluding hydrogens is 232 g/mol. The second kappa shape index (κ2) is 4.13. The molecule has 4 aromatic carbocycles. The van der Waals surface area contributed by atoms with Crippen LogP contribution in [-0.2, 0) is 0 Å². The topological polar surface area (TPSA) is 0 Å². The zero-order chi connectivity index (χ0) is 10.5. The van der Waals surface area contributed by atoms with E-state index in [2.05, 4.69) is 60.7 Å². The maximum atomic E-state index is 2.21. The molecule has 0 atom stereocenters. The van der Waals surface area contributed by atoms with Crippen molar-refractivity contribution in [3.05, 3.63) is 60.7 Å². The summed E-state index contributed by atoms with van der Waals surface area (Å²) in [4.78, 5) is 0. The normalized spacial score (nSPS) is 11.1. The molecular formula is C16H10Ca. The van der Waals surface area contributed by atoms with E-state index < -0.39 is 0 Å². The fourth-order valence-corrected chi connectivity index (χ4v) is 2.67. The molecule has 76 valence electrons. The van der Waals surface area contributed by atoms with E-state index in [9.17, 15) is 0 Å². The molecule has 0 aliphatic carbocycles. The Hall–Kier alpha value is -0.820. The van der Waals surface area contributed by atoms with E-state index in [0.717, 1.165) is 0 Å². The summed E-state index contributed by atoms with van der Waals surface area (Å²) in [6.45, 7) is 0. The Morgan fingerprint density at radius 2 is 0.706 bits per heavy atom. The van der Waals surface area contributed by atoms with Gasteiger partial charge in [0.2, 0.25) is 0 Å². The molecule has 0 aromatic heterocycles. The monoisotopic (exact) mass is 242 g/mol. The molecule has 1 heteroatoms. The van der Waals surface area contributed by atoms with Gasteiger partial charge in [-0.2, -0.15) is 0 Å². The summed E-state index contributed by atoms with van der Waals surface area (Å²) in [5.41, 5.74) is 0. The van der Waals surface area contributed by atoms with Gasteiger partial charge in [-0.25, -0.2) is 0 Å². The van der Waals surface area contributed by atoms with Crippen molar-refractivity contribution in [2.75, 3.05) is 0 Å². The summed E-state index contributed by atoms with van der Waals surface area (Å²) in [5.74, 6) is 0. The summed E-state index contributed by atoms with van der Waals surface area (Å²) in [6, 6.07) is 21.9. The van der Waals surface area contributed by atoms with E-state index in [-0.39, 0.29) is 37.7 Å². The first-order chi connectivity index (χ1) is 7.93. The van der Waals surface area contributed by atoms with Gasteiger partial charge in [0.25, 0.3) is 0 Å². The first-order valence-corrected chi connectivity index (χ1v) is 5.56. The molecule has 0 saturated carbocycles. The van der Waals surface area contributed by atoms with Crippen LogP contribution in [0.15, 0.2) is 60.7 Å². The number of hydrogen-bond donors (Lipinski definition) is 0. The molecule has 0 fully saturated rings. The number of benzene rings is 4. The van der Waals surface area contributed by atoms with Crippen molar-refractivity contribution >= 4 is 70.1 Å². The molecule has 0 nitrogen and oxygen atoms in total. The first kappa shape index (κ1) is 11.3. The van der Waals surface area contributed by atoms with Gasteiger partial charge in [-0.15, -0.1) is 0 Å². The molecule has 17 heavy (non-hydrogen) atoms. The van der Waals surface area contributed by atoms with Gasteiger partial charge < -0.3 is 0 Å². The van der Waals surface area contributed by atoms with Gasteiger partial charge in [0.1, 0.15) is 0 Å². The molecule has 0 unspecified atom stereocenters. The second-order valence-electron chi connectivity index (χ2n) is 4.29.